The molecule has 0 bridgehead atoms. The number of esters is 1. The highest BCUT2D eigenvalue weighted by atomic mass is 19.1. The van der Waals surface area contributed by atoms with Gasteiger partial charge < -0.3 is 10.1 Å². The van der Waals surface area contributed by atoms with Crippen molar-refractivity contribution in [3.05, 3.63) is 33.6 Å². The maximum absolute atomic E-state index is 13.5. The monoisotopic (exact) mass is 267 g/mol. The molecule has 0 amide bonds. The number of carbonyl (C=O) groups is 1. The van der Waals surface area contributed by atoms with Crippen LogP contribution in [0, 0.1) is 27.3 Å². The molecule has 0 heterocycles. The highest BCUT2D eigenvalue weighted by Crippen LogP contribution is 2.26. The maximum Gasteiger partial charge on any atom is 0.345 e. The lowest BCUT2D eigenvalue weighted by molar-refractivity contribution is -0.385. The number of nitrogens with zero attached hydrogens (tertiary/aromatic N) is 2. The fraction of sp³-hybridized carbons (Fsp3) is 0.273. The summed E-state index contributed by atoms with van der Waals surface area (Å²) in [6.07, 6.45) is 0. The molecule has 1 aromatic carbocycles. The van der Waals surface area contributed by atoms with Crippen molar-refractivity contribution in [2.75, 3.05) is 18.5 Å². The van der Waals surface area contributed by atoms with E-state index in [0.717, 1.165) is 6.07 Å². The first kappa shape index (κ1) is 14.4. The van der Waals surface area contributed by atoms with Gasteiger partial charge in [0.15, 0.2) is 5.82 Å². The molecule has 0 saturated heterocycles. The zero-order valence-electron chi connectivity index (χ0n) is 9.97. The zero-order valence-corrected chi connectivity index (χ0v) is 9.97. The molecule has 0 fully saturated rings. The summed E-state index contributed by atoms with van der Waals surface area (Å²) in [5.74, 6) is -1.84. The number of rotatable bonds is 5. The Morgan fingerprint density at radius 2 is 2.32 bits per heavy atom. The van der Waals surface area contributed by atoms with E-state index in [9.17, 15) is 19.3 Å². The number of anilines is 1. The Balaban J connectivity index is 3.27. The van der Waals surface area contributed by atoms with Crippen LogP contribution in [0.15, 0.2) is 12.1 Å². The summed E-state index contributed by atoms with van der Waals surface area (Å²) in [5, 5.41) is 21.6. The van der Waals surface area contributed by atoms with Gasteiger partial charge in [-0.05, 0) is 13.0 Å². The minimum atomic E-state index is -0.922. The zero-order chi connectivity index (χ0) is 14.4. The van der Waals surface area contributed by atoms with Crippen LogP contribution < -0.4 is 5.32 Å². The Hall–Kier alpha value is -2.69. The van der Waals surface area contributed by atoms with Crippen molar-refractivity contribution < 1.29 is 18.8 Å². The van der Waals surface area contributed by atoms with Crippen molar-refractivity contribution in [1.82, 2.24) is 0 Å². The topological polar surface area (TPSA) is 105 Å². The number of carbonyl (C=O) groups excluding carboxylic acids is 1. The minimum Gasteiger partial charge on any atom is -0.462 e. The molecule has 1 aromatic rings. The maximum atomic E-state index is 13.5. The SMILES string of the molecule is CCOC(=O)c1cc(NCC#N)c(F)cc1[N+](=O)[O-]. The summed E-state index contributed by atoms with van der Waals surface area (Å²) in [4.78, 5) is 21.5. The van der Waals surface area contributed by atoms with E-state index in [2.05, 4.69) is 10.1 Å². The van der Waals surface area contributed by atoms with Crippen LogP contribution in [0.5, 0.6) is 0 Å². The molecule has 100 valence electrons. The third-order valence-corrected chi connectivity index (χ3v) is 2.14. The molecule has 0 spiro atoms. The Kier molecular flexibility index (Phi) is 4.76. The average molecular weight is 267 g/mol. The standard InChI is InChI=1S/C11H10FN3O4/c1-2-19-11(16)7-5-9(14-4-3-13)8(12)6-10(7)15(17)18/h5-6,14H,2,4H2,1H3. The molecule has 19 heavy (non-hydrogen) atoms. The van der Waals surface area contributed by atoms with E-state index in [1.807, 2.05) is 0 Å². The Bertz CT molecular complexity index is 554. The highest BCUT2D eigenvalue weighted by Gasteiger charge is 2.24. The van der Waals surface area contributed by atoms with Crippen LogP contribution in [0.25, 0.3) is 0 Å². The van der Waals surface area contributed by atoms with Gasteiger partial charge in [0.2, 0.25) is 0 Å². The van der Waals surface area contributed by atoms with E-state index >= 15 is 0 Å². The lowest BCUT2D eigenvalue weighted by atomic mass is 10.1. The summed E-state index contributed by atoms with van der Waals surface area (Å²) in [5.41, 5.74) is -1.22. The van der Waals surface area contributed by atoms with Gasteiger partial charge in [0.1, 0.15) is 12.1 Å². The molecule has 0 unspecified atom stereocenters. The van der Waals surface area contributed by atoms with Crippen molar-refractivity contribution in [3.8, 4) is 6.07 Å². The molecule has 0 aliphatic rings. The van der Waals surface area contributed by atoms with E-state index in [1.54, 1.807) is 13.0 Å². The number of nitro groups is 1. The first-order valence-electron chi connectivity index (χ1n) is 5.27. The lowest BCUT2D eigenvalue weighted by Crippen LogP contribution is -2.10. The molecule has 1 N–H and O–H groups in total. The molecule has 0 aromatic heterocycles. The van der Waals surface area contributed by atoms with Gasteiger partial charge in [-0.1, -0.05) is 0 Å². The van der Waals surface area contributed by atoms with Gasteiger partial charge in [-0.3, -0.25) is 10.1 Å². The van der Waals surface area contributed by atoms with Crippen LogP contribution in [0.1, 0.15) is 17.3 Å². The molecule has 0 aliphatic carbocycles. The molecule has 0 atom stereocenters. The van der Waals surface area contributed by atoms with Crippen LogP contribution in [0.3, 0.4) is 0 Å². The van der Waals surface area contributed by atoms with E-state index in [1.165, 1.54) is 0 Å². The second-order valence-electron chi connectivity index (χ2n) is 3.34. The first-order chi connectivity index (χ1) is 9.01. The quantitative estimate of drug-likeness (QED) is 0.377. The Morgan fingerprint density at radius 3 is 2.84 bits per heavy atom. The van der Waals surface area contributed by atoms with Gasteiger partial charge in [-0.15, -0.1) is 0 Å². The summed E-state index contributed by atoms with van der Waals surface area (Å²) in [6.45, 7) is 1.38. The van der Waals surface area contributed by atoms with E-state index in [-0.39, 0.29) is 24.4 Å². The summed E-state index contributed by atoms with van der Waals surface area (Å²) >= 11 is 0. The second-order valence-corrected chi connectivity index (χ2v) is 3.34. The van der Waals surface area contributed by atoms with Crippen molar-refractivity contribution in [2.24, 2.45) is 0 Å². The summed E-state index contributed by atoms with van der Waals surface area (Å²) in [7, 11) is 0. The average Bonchev–Trinajstić information content (AvgIpc) is 2.37. The van der Waals surface area contributed by atoms with Gasteiger partial charge in [-0.2, -0.15) is 5.26 Å². The smallest absolute Gasteiger partial charge is 0.345 e. The number of ether oxygens (including phenoxy) is 1. The van der Waals surface area contributed by atoms with Crippen LogP contribution in [-0.4, -0.2) is 24.0 Å². The molecular weight excluding hydrogens is 257 g/mol. The molecule has 7 nitrogen and oxygen atoms in total. The van der Waals surface area contributed by atoms with Crippen LogP contribution in [0.2, 0.25) is 0 Å². The van der Waals surface area contributed by atoms with Crippen LogP contribution in [0.4, 0.5) is 15.8 Å². The summed E-state index contributed by atoms with van der Waals surface area (Å²) < 4.78 is 18.2. The fourth-order valence-electron chi connectivity index (χ4n) is 1.36. The van der Waals surface area contributed by atoms with Gasteiger partial charge in [0.05, 0.1) is 29.4 Å². The largest absolute Gasteiger partial charge is 0.462 e. The third-order valence-electron chi connectivity index (χ3n) is 2.14. The first-order valence-corrected chi connectivity index (χ1v) is 5.27. The number of nitro benzene ring substituents is 1. The normalized spacial score (nSPS) is 9.53. The van der Waals surface area contributed by atoms with E-state index in [4.69, 9.17) is 5.26 Å². The Labute approximate surface area is 107 Å². The third kappa shape index (κ3) is 3.38. The van der Waals surface area contributed by atoms with Gasteiger partial charge >= 0.3 is 5.97 Å². The van der Waals surface area contributed by atoms with E-state index < -0.39 is 22.4 Å². The van der Waals surface area contributed by atoms with Crippen molar-refractivity contribution >= 4 is 17.3 Å². The van der Waals surface area contributed by atoms with Crippen LogP contribution >= 0.6 is 0 Å². The predicted octanol–water partition coefficient (Wildman–Crippen LogP) is 1.85. The van der Waals surface area contributed by atoms with Crippen molar-refractivity contribution in [2.45, 2.75) is 6.92 Å². The molecule has 8 heteroatoms. The van der Waals surface area contributed by atoms with Crippen LogP contribution in [-0.2, 0) is 4.74 Å². The molecule has 0 saturated carbocycles. The second kappa shape index (κ2) is 6.30. The van der Waals surface area contributed by atoms with Gasteiger partial charge in [-0.25, -0.2) is 9.18 Å². The highest BCUT2D eigenvalue weighted by molar-refractivity contribution is 5.95. The molecule has 0 radical (unpaired) electrons. The fourth-order valence-corrected chi connectivity index (χ4v) is 1.36. The van der Waals surface area contributed by atoms with Gasteiger partial charge in [0.25, 0.3) is 5.69 Å². The lowest BCUT2D eigenvalue weighted by Gasteiger charge is -2.07. The number of hydrogen-bond acceptors (Lipinski definition) is 6. The number of nitriles is 1. The van der Waals surface area contributed by atoms with E-state index in [0.29, 0.717) is 6.07 Å². The number of hydrogen-bond donors (Lipinski definition) is 1. The Morgan fingerprint density at radius 1 is 1.63 bits per heavy atom. The predicted molar refractivity (Wildman–Crippen MR) is 63.1 cm³/mol. The summed E-state index contributed by atoms with van der Waals surface area (Å²) in [6, 6.07) is 3.30. The number of benzene rings is 1. The number of nitrogens with one attached hydrogen (secondary N) is 1. The number of halogens is 1. The molecule has 1 rings (SSSR count). The minimum absolute atomic E-state index is 0.0360. The molecular formula is C11H10FN3O4. The van der Waals surface area contributed by atoms with Crippen molar-refractivity contribution in [1.29, 1.82) is 5.26 Å². The van der Waals surface area contributed by atoms with Crippen molar-refractivity contribution in [3.63, 3.8) is 0 Å². The van der Waals surface area contributed by atoms with Gasteiger partial charge in [0, 0.05) is 0 Å². The molecule has 0 aliphatic heterocycles.